The molecule has 0 spiro atoms. The van der Waals surface area contributed by atoms with Crippen molar-refractivity contribution in [2.45, 2.75) is 18.7 Å². The molecule has 1 unspecified atom stereocenters. The molecule has 0 radical (unpaired) electrons. The van der Waals surface area contributed by atoms with Crippen molar-refractivity contribution in [3.8, 4) is 0 Å². The van der Waals surface area contributed by atoms with Gasteiger partial charge in [0.2, 0.25) is 5.91 Å². The van der Waals surface area contributed by atoms with Gasteiger partial charge in [-0.3, -0.25) is 9.69 Å². The Bertz CT molecular complexity index is 695. The Morgan fingerprint density at radius 2 is 2.09 bits per heavy atom. The van der Waals surface area contributed by atoms with Gasteiger partial charge in [-0.25, -0.2) is 0 Å². The highest BCUT2D eigenvalue weighted by Crippen LogP contribution is 2.28. The van der Waals surface area contributed by atoms with E-state index < -0.39 is 0 Å². The minimum absolute atomic E-state index is 0.0563. The van der Waals surface area contributed by atoms with Crippen molar-refractivity contribution in [2.75, 3.05) is 0 Å². The molecule has 3 rings (SSSR count). The van der Waals surface area contributed by atoms with Crippen LogP contribution in [0.5, 0.6) is 0 Å². The van der Waals surface area contributed by atoms with E-state index in [4.69, 9.17) is 4.42 Å². The number of amidine groups is 1. The fraction of sp³-hybridized carbons (Fsp3) is 0.188. The van der Waals surface area contributed by atoms with Crippen molar-refractivity contribution in [3.05, 3.63) is 60.1 Å². The largest absolute Gasteiger partial charge is 0.463 e. The van der Waals surface area contributed by atoms with E-state index in [0.29, 0.717) is 17.5 Å². The highest BCUT2D eigenvalue weighted by molar-refractivity contribution is 8.15. The number of hydrogen-bond acceptors (Lipinski definition) is 5. The number of furan rings is 1. The number of hydrogen-bond donors (Lipinski definition) is 0. The molecule has 0 bridgehead atoms. The van der Waals surface area contributed by atoms with Gasteiger partial charge in [0.1, 0.15) is 5.76 Å². The van der Waals surface area contributed by atoms with Crippen molar-refractivity contribution >= 4 is 29.1 Å². The molecule has 2 aromatic rings. The summed E-state index contributed by atoms with van der Waals surface area (Å²) < 4.78 is 5.16. The average molecular weight is 313 g/mol. The molecule has 0 aliphatic carbocycles. The smallest absolute Gasteiger partial charge is 0.242 e. The van der Waals surface area contributed by atoms with E-state index in [-0.39, 0.29) is 11.2 Å². The van der Waals surface area contributed by atoms with Gasteiger partial charge in [0.05, 0.1) is 24.3 Å². The minimum atomic E-state index is -0.138. The molecular weight excluding hydrogens is 298 g/mol. The van der Waals surface area contributed by atoms with Crippen molar-refractivity contribution in [2.24, 2.45) is 10.2 Å². The number of thioether (sulfide) groups is 1. The van der Waals surface area contributed by atoms with Crippen LogP contribution in [0.15, 0.2) is 63.3 Å². The van der Waals surface area contributed by atoms with Crippen molar-refractivity contribution in [1.82, 2.24) is 4.90 Å². The molecule has 1 saturated heterocycles. The van der Waals surface area contributed by atoms with Gasteiger partial charge < -0.3 is 4.42 Å². The third kappa shape index (κ3) is 3.28. The van der Waals surface area contributed by atoms with Crippen LogP contribution >= 0.6 is 11.8 Å². The Kier molecular flexibility index (Phi) is 4.39. The maximum atomic E-state index is 12.3. The van der Waals surface area contributed by atoms with Gasteiger partial charge in [0.25, 0.3) is 0 Å². The Morgan fingerprint density at radius 3 is 2.82 bits per heavy atom. The molecule has 1 aromatic carbocycles. The zero-order chi connectivity index (χ0) is 15.4. The van der Waals surface area contributed by atoms with Crippen LogP contribution in [0.3, 0.4) is 0 Å². The van der Waals surface area contributed by atoms with Crippen LogP contribution < -0.4 is 0 Å². The first kappa shape index (κ1) is 14.6. The molecule has 112 valence electrons. The van der Waals surface area contributed by atoms with Gasteiger partial charge in [0.15, 0.2) is 5.17 Å². The van der Waals surface area contributed by atoms with Gasteiger partial charge >= 0.3 is 0 Å². The maximum Gasteiger partial charge on any atom is 0.242 e. The average Bonchev–Trinajstić information content (AvgIpc) is 3.13. The second-order valence-electron chi connectivity index (χ2n) is 4.81. The van der Waals surface area contributed by atoms with Crippen molar-refractivity contribution < 1.29 is 9.21 Å². The number of carbonyl (C=O) groups excluding carboxylic acids is 1. The molecule has 1 atom stereocenters. The molecule has 1 aromatic heterocycles. The molecule has 1 amide bonds. The quantitative estimate of drug-likeness (QED) is 0.643. The summed E-state index contributed by atoms with van der Waals surface area (Å²) in [5.41, 5.74) is 1.06. The summed E-state index contributed by atoms with van der Waals surface area (Å²) in [6, 6.07) is 13.4. The highest BCUT2D eigenvalue weighted by Gasteiger charge is 2.35. The first-order chi connectivity index (χ1) is 10.7. The van der Waals surface area contributed by atoms with Crippen LogP contribution in [-0.4, -0.2) is 27.4 Å². The van der Waals surface area contributed by atoms with E-state index in [9.17, 15) is 4.79 Å². The van der Waals surface area contributed by atoms with E-state index in [1.54, 1.807) is 23.3 Å². The second kappa shape index (κ2) is 6.62. The van der Waals surface area contributed by atoms with E-state index >= 15 is 0 Å². The molecular formula is C16H15N3O2S. The molecule has 1 aliphatic heterocycles. The molecule has 1 aliphatic rings. The van der Waals surface area contributed by atoms with Crippen LogP contribution in [0.4, 0.5) is 0 Å². The lowest BCUT2D eigenvalue weighted by Crippen LogP contribution is -2.30. The lowest BCUT2D eigenvalue weighted by molar-refractivity contribution is -0.126. The number of rotatable bonds is 4. The Labute approximate surface area is 132 Å². The Hall–Kier alpha value is -2.34. The summed E-state index contributed by atoms with van der Waals surface area (Å²) in [5, 5.41) is 8.66. The number of benzene rings is 1. The molecule has 2 heterocycles. The monoisotopic (exact) mass is 313 g/mol. The summed E-state index contributed by atoms with van der Waals surface area (Å²) in [6.45, 7) is 2.38. The van der Waals surface area contributed by atoms with E-state index in [2.05, 4.69) is 10.2 Å². The van der Waals surface area contributed by atoms with Gasteiger partial charge in [-0.05, 0) is 24.6 Å². The lowest BCUT2D eigenvalue weighted by atomic mass is 10.2. The predicted molar refractivity (Wildman–Crippen MR) is 87.8 cm³/mol. The Morgan fingerprint density at radius 1 is 1.27 bits per heavy atom. The van der Waals surface area contributed by atoms with E-state index in [0.717, 1.165) is 5.56 Å². The van der Waals surface area contributed by atoms with Crippen LogP contribution in [-0.2, 0) is 11.3 Å². The minimum Gasteiger partial charge on any atom is -0.463 e. The van der Waals surface area contributed by atoms with Gasteiger partial charge in [0, 0.05) is 0 Å². The number of amides is 1. The van der Waals surface area contributed by atoms with Crippen LogP contribution in [0.1, 0.15) is 18.2 Å². The van der Waals surface area contributed by atoms with Crippen LogP contribution in [0.2, 0.25) is 0 Å². The van der Waals surface area contributed by atoms with Crippen LogP contribution in [0.25, 0.3) is 0 Å². The molecule has 22 heavy (non-hydrogen) atoms. The van der Waals surface area contributed by atoms with E-state index in [1.807, 2.05) is 37.3 Å². The topological polar surface area (TPSA) is 58.2 Å². The molecule has 6 heteroatoms. The first-order valence-electron chi connectivity index (χ1n) is 6.90. The van der Waals surface area contributed by atoms with Gasteiger partial charge in [-0.15, -0.1) is 5.10 Å². The second-order valence-corrected chi connectivity index (χ2v) is 6.12. The number of carbonyl (C=O) groups is 1. The molecule has 1 fully saturated rings. The summed E-state index contributed by atoms with van der Waals surface area (Å²) >= 11 is 1.42. The zero-order valence-corrected chi connectivity index (χ0v) is 12.9. The molecule has 0 N–H and O–H groups in total. The standard InChI is InChI=1S/C16H15N3O2S/c1-12-15(20)19(11-13-6-3-2-4-7-13)16(22-12)18-17-10-14-8-5-9-21-14/h2-10,12H,11H2,1H3/b17-10+,18-16-. The summed E-state index contributed by atoms with van der Waals surface area (Å²) in [5.74, 6) is 0.683. The zero-order valence-electron chi connectivity index (χ0n) is 12.0. The normalized spacial score (nSPS) is 20.4. The fourth-order valence-electron chi connectivity index (χ4n) is 2.07. The summed E-state index contributed by atoms with van der Waals surface area (Å²) in [6.07, 6.45) is 3.11. The molecule has 5 nitrogen and oxygen atoms in total. The maximum absolute atomic E-state index is 12.3. The summed E-state index contributed by atoms with van der Waals surface area (Å²) in [4.78, 5) is 13.9. The summed E-state index contributed by atoms with van der Waals surface area (Å²) in [7, 11) is 0. The number of nitrogens with zero attached hydrogens (tertiary/aromatic N) is 3. The van der Waals surface area contributed by atoms with Crippen molar-refractivity contribution in [3.63, 3.8) is 0 Å². The van der Waals surface area contributed by atoms with E-state index in [1.165, 1.54) is 18.0 Å². The first-order valence-corrected chi connectivity index (χ1v) is 7.78. The lowest BCUT2D eigenvalue weighted by Gasteiger charge is -2.15. The Balaban J connectivity index is 1.77. The third-order valence-corrected chi connectivity index (χ3v) is 4.25. The third-order valence-electron chi connectivity index (χ3n) is 3.18. The highest BCUT2D eigenvalue weighted by atomic mass is 32.2. The molecule has 0 saturated carbocycles. The van der Waals surface area contributed by atoms with Crippen LogP contribution in [0, 0.1) is 0 Å². The van der Waals surface area contributed by atoms with Gasteiger partial charge in [-0.1, -0.05) is 42.1 Å². The SMILES string of the molecule is CC1S/C(=N\N=C\c2ccco2)N(Cc2ccccc2)C1=O. The van der Waals surface area contributed by atoms with Crippen molar-refractivity contribution in [1.29, 1.82) is 0 Å². The predicted octanol–water partition coefficient (Wildman–Crippen LogP) is 3.13. The van der Waals surface area contributed by atoms with Gasteiger partial charge in [-0.2, -0.15) is 5.10 Å². The fourth-order valence-corrected chi connectivity index (χ4v) is 3.00.